The van der Waals surface area contributed by atoms with Gasteiger partial charge in [0.1, 0.15) is 6.29 Å². The molecule has 17 heavy (non-hydrogen) atoms. The van der Waals surface area contributed by atoms with Crippen LogP contribution in [0.25, 0.3) is 5.69 Å². The minimum absolute atomic E-state index is 0.186. The zero-order valence-electron chi connectivity index (χ0n) is 9.25. The molecule has 0 saturated heterocycles. The molecule has 0 aliphatic carbocycles. The lowest BCUT2D eigenvalue weighted by Crippen LogP contribution is -2.09. The van der Waals surface area contributed by atoms with Crippen molar-refractivity contribution < 1.29 is 9.59 Å². The van der Waals surface area contributed by atoms with Gasteiger partial charge in [-0.1, -0.05) is 0 Å². The smallest absolute Gasteiger partial charge is 0.221 e. The first kappa shape index (κ1) is 11.1. The zero-order valence-corrected chi connectivity index (χ0v) is 9.25. The number of nitrogens with one attached hydrogen (secondary N) is 1. The summed E-state index contributed by atoms with van der Waals surface area (Å²) in [6.07, 6.45) is 5.77. The molecule has 86 valence electrons. The van der Waals surface area contributed by atoms with Gasteiger partial charge in [-0.2, -0.15) is 0 Å². The van der Waals surface area contributed by atoms with Gasteiger partial charge in [0, 0.05) is 24.9 Å². The first-order valence-electron chi connectivity index (χ1n) is 5.06. The summed E-state index contributed by atoms with van der Waals surface area (Å²) in [5.41, 5.74) is 1.86. The van der Waals surface area contributed by atoms with Crippen molar-refractivity contribution in [3.05, 3.63) is 42.5 Å². The Morgan fingerprint density at radius 2 is 2.29 bits per heavy atom. The maximum Gasteiger partial charge on any atom is 0.221 e. The third kappa shape index (κ3) is 2.39. The van der Waals surface area contributed by atoms with Gasteiger partial charge < -0.3 is 9.88 Å². The molecule has 0 bridgehead atoms. The second kappa shape index (κ2) is 4.61. The highest BCUT2D eigenvalue weighted by Crippen LogP contribution is 2.21. The molecule has 1 amide bonds. The van der Waals surface area contributed by atoms with E-state index in [2.05, 4.69) is 10.3 Å². The topological polar surface area (TPSA) is 64.0 Å². The van der Waals surface area contributed by atoms with Gasteiger partial charge in [-0.15, -0.1) is 0 Å². The maximum absolute atomic E-state index is 11.1. The summed E-state index contributed by atoms with van der Waals surface area (Å²) < 4.78 is 1.76. The van der Waals surface area contributed by atoms with E-state index in [1.54, 1.807) is 41.5 Å². The molecule has 2 rings (SSSR count). The Balaban J connectivity index is 2.50. The fourth-order valence-corrected chi connectivity index (χ4v) is 1.54. The van der Waals surface area contributed by atoms with Crippen LogP contribution in [0.2, 0.25) is 0 Å². The van der Waals surface area contributed by atoms with Crippen LogP contribution in [0, 0.1) is 0 Å². The number of carbonyl (C=O) groups is 2. The predicted octanol–water partition coefficient (Wildman–Crippen LogP) is 1.64. The van der Waals surface area contributed by atoms with Crippen LogP contribution in [-0.4, -0.2) is 21.7 Å². The average molecular weight is 229 g/mol. The van der Waals surface area contributed by atoms with Gasteiger partial charge in [-0.3, -0.25) is 9.59 Å². The van der Waals surface area contributed by atoms with Crippen molar-refractivity contribution in [2.75, 3.05) is 5.32 Å². The van der Waals surface area contributed by atoms with Crippen molar-refractivity contribution in [1.82, 2.24) is 9.55 Å². The van der Waals surface area contributed by atoms with Gasteiger partial charge in [0.15, 0.2) is 0 Å². The first-order valence-corrected chi connectivity index (χ1v) is 5.06. The maximum atomic E-state index is 11.1. The Labute approximate surface area is 98.1 Å². The number of amides is 1. The number of benzene rings is 1. The minimum atomic E-state index is -0.186. The lowest BCUT2D eigenvalue weighted by atomic mass is 10.2. The van der Waals surface area contributed by atoms with Crippen LogP contribution >= 0.6 is 0 Å². The van der Waals surface area contributed by atoms with Crippen molar-refractivity contribution >= 4 is 17.9 Å². The van der Waals surface area contributed by atoms with Gasteiger partial charge in [-0.25, -0.2) is 4.98 Å². The summed E-state index contributed by atoms with van der Waals surface area (Å²) in [6.45, 7) is 1.42. The van der Waals surface area contributed by atoms with Crippen molar-refractivity contribution in [3.63, 3.8) is 0 Å². The number of nitrogens with zero attached hydrogens (tertiary/aromatic N) is 2. The molecule has 0 radical (unpaired) electrons. The molecule has 1 aromatic carbocycles. The number of carbonyl (C=O) groups excluding carboxylic acids is 2. The van der Waals surface area contributed by atoms with Crippen LogP contribution in [0.1, 0.15) is 17.3 Å². The molecule has 0 spiro atoms. The van der Waals surface area contributed by atoms with E-state index in [1.165, 1.54) is 6.92 Å². The van der Waals surface area contributed by atoms with Gasteiger partial charge in [-0.05, 0) is 18.2 Å². The number of aromatic nitrogens is 2. The van der Waals surface area contributed by atoms with Crippen LogP contribution in [0.3, 0.4) is 0 Å². The molecule has 5 nitrogen and oxygen atoms in total. The van der Waals surface area contributed by atoms with E-state index in [-0.39, 0.29) is 5.91 Å². The normalized spacial score (nSPS) is 9.94. The van der Waals surface area contributed by atoms with E-state index in [9.17, 15) is 9.59 Å². The van der Waals surface area contributed by atoms with Crippen molar-refractivity contribution in [3.8, 4) is 5.69 Å². The highest BCUT2D eigenvalue weighted by Gasteiger charge is 2.06. The second-order valence-corrected chi connectivity index (χ2v) is 3.55. The van der Waals surface area contributed by atoms with Gasteiger partial charge in [0.2, 0.25) is 5.91 Å². The lowest BCUT2D eigenvalue weighted by Gasteiger charge is -2.10. The molecule has 1 heterocycles. The van der Waals surface area contributed by atoms with E-state index in [4.69, 9.17) is 0 Å². The largest absolute Gasteiger partial charge is 0.324 e. The third-order valence-electron chi connectivity index (χ3n) is 2.25. The molecular weight excluding hydrogens is 218 g/mol. The van der Waals surface area contributed by atoms with E-state index in [0.29, 0.717) is 11.3 Å². The Bertz CT molecular complexity index is 547. The Kier molecular flexibility index (Phi) is 3.00. The molecular formula is C12H11N3O2. The Hall–Kier alpha value is -2.43. The summed E-state index contributed by atoms with van der Waals surface area (Å²) in [7, 11) is 0. The van der Waals surface area contributed by atoms with E-state index in [0.717, 1.165) is 12.0 Å². The number of imidazole rings is 1. The molecule has 2 aromatic rings. The SMILES string of the molecule is CC(=O)Nc1cc(C=O)ccc1-n1ccnc1. The van der Waals surface area contributed by atoms with Crippen LogP contribution in [0.15, 0.2) is 36.9 Å². The molecule has 0 fully saturated rings. The molecule has 0 aliphatic rings. The van der Waals surface area contributed by atoms with Gasteiger partial charge >= 0.3 is 0 Å². The standard InChI is InChI=1S/C12H11N3O2/c1-9(17)14-11-6-10(7-16)2-3-12(11)15-5-4-13-8-15/h2-8H,1H3,(H,14,17). The van der Waals surface area contributed by atoms with Crippen molar-refractivity contribution in [2.45, 2.75) is 6.92 Å². The summed E-state index contributed by atoms with van der Waals surface area (Å²) in [4.78, 5) is 25.8. The Morgan fingerprint density at radius 1 is 1.47 bits per heavy atom. The average Bonchev–Trinajstić information content (AvgIpc) is 2.81. The second-order valence-electron chi connectivity index (χ2n) is 3.55. The molecule has 0 saturated carbocycles. The monoisotopic (exact) mass is 229 g/mol. The quantitative estimate of drug-likeness (QED) is 0.814. The summed E-state index contributed by atoms with van der Waals surface area (Å²) in [5.74, 6) is -0.186. The number of aldehydes is 1. The predicted molar refractivity (Wildman–Crippen MR) is 63.3 cm³/mol. The Morgan fingerprint density at radius 3 is 2.88 bits per heavy atom. The third-order valence-corrected chi connectivity index (χ3v) is 2.25. The molecule has 0 atom stereocenters. The molecule has 1 aromatic heterocycles. The number of anilines is 1. The number of rotatable bonds is 3. The number of hydrogen-bond acceptors (Lipinski definition) is 3. The highest BCUT2D eigenvalue weighted by atomic mass is 16.1. The van der Waals surface area contributed by atoms with E-state index < -0.39 is 0 Å². The van der Waals surface area contributed by atoms with E-state index >= 15 is 0 Å². The van der Waals surface area contributed by atoms with E-state index in [1.807, 2.05) is 0 Å². The van der Waals surface area contributed by atoms with Crippen LogP contribution in [0.4, 0.5) is 5.69 Å². The first-order chi connectivity index (χ1) is 8.20. The van der Waals surface area contributed by atoms with Crippen LogP contribution in [-0.2, 0) is 4.79 Å². The number of hydrogen-bond donors (Lipinski definition) is 1. The zero-order chi connectivity index (χ0) is 12.3. The summed E-state index contributed by atoms with van der Waals surface area (Å²) >= 11 is 0. The van der Waals surface area contributed by atoms with Crippen LogP contribution < -0.4 is 5.32 Å². The van der Waals surface area contributed by atoms with Crippen molar-refractivity contribution in [1.29, 1.82) is 0 Å². The van der Waals surface area contributed by atoms with Gasteiger partial charge in [0.25, 0.3) is 0 Å². The molecule has 1 N–H and O–H groups in total. The van der Waals surface area contributed by atoms with Crippen LogP contribution in [0.5, 0.6) is 0 Å². The molecule has 0 aliphatic heterocycles. The van der Waals surface area contributed by atoms with Crippen molar-refractivity contribution in [2.24, 2.45) is 0 Å². The molecule has 5 heteroatoms. The molecule has 0 unspecified atom stereocenters. The summed E-state index contributed by atoms with van der Waals surface area (Å²) in [6, 6.07) is 5.08. The minimum Gasteiger partial charge on any atom is -0.324 e. The summed E-state index contributed by atoms with van der Waals surface area (Å²) in [5, 5.41) is 2.69. The lowest BCUT2D eigenvalue weighted by molar-refractivity contribution is -0.114. The fourth-order valence-electron chi connectivity index (χ4n) is 1.54. The highest BCUT2D eigenvalue weighted by molar-refractivity contribution is 5.92. The van der Waals surface area contributed by atoms with Gasteiger partial charge in [0.05, 0.1) is 17.7 Å². The fraction of sp³-hybridized carbons (Fsp3) is 0.0833.